The molecule has 1 amide bonds. The van der Waals surface area contributed by atoms with E-state index < -0.39 is 12.0 Å². The number of rotatable bonds is 4. The topological polar surface area (TPSA) is 75.4 Å². The van der Waals surface area contributed by atoms with Gasteiger partial charge in [-0.25, -0.2) is 0 Å². The maximum atomic E-state index is 11.6. The van der Waals surface area contributed by atoms with Crippen LogP contribution < -0.4 is 5.32 Å². The van der Waals surface area contributed by atoms with Crippen LogP contribution in [0.2, 0.25) is 10.0 Å². The molecule has 1 atom stereocenters. The lowest BCUT2D eigenvalue weighted by Crippen LogP contribution is -2.28. The van der Waals surface area contributed by atoms with Crippen LogP contribution in [-0.4, -0.2) is 22.7 Å². The Balaban J connectivity index is 1.97. The minimum atomic E-state index is -0.910. The van der Waals surface area contributed by atoms with Gasteiger partial charge < -0.3 is 14.9 Å². The molecule has 1 heterocycles. The number of carbonyl (C=O) groups excluding carboxylic acids is 1. The van der Waals surface area contributed by atoms with E-state index in [9.17, 15) is 9.90 Å². The van der Waals surface area contributed by atoms with Gasteiger partial charge in [0, 0.05) is 22.7 Å². The van der Waals surface area contributed by atoms with Crippen LogP contribution in [0.3, 0.4) is 0 Å². The smallest absolute Gasteiger partial charge is 0.273 e. The summed E-state index contributed by atoms with van der Waals surface area (Å²) >= 11 is 11.7. The molecule has 5 nitrogen and oxygen atoms in total. The zero-order valence-corrected chi connectivity index (χ0v) is 11.1. The molecule has 2 aromatic rings. The number of benzene rings is 1. The van der Waals surface area contributed by atoms with Crippen molar-refractivity contribution in [2.45, 2.75) is 6.10 Å². The Bertz CT molecular complexity index is 552. The molecule has 2 N–H and O–H groups in total. The lowest BCUT2D eigenvalue weighted by molar-refractivity contribution is 0.0907. The van der Waals surface area contributed by atoms with Crippen LogP contribution in [0.15, 0.2) is 35.1 Å². The predicted molar refractivity (Wildman–Crippen MR) is 70.3 cm³/mol. The summed E-state index contributed by atoms with van der Waals surface area (Å²) in [6.45, 7) is 0.0162. The van der Waals surface area contributed by atoms with Crippen molar-refractivity contribution in [3.63, 3.8) is 0 Å². The number of amides is 1. The van der Waals surface area contributed by atoms with E-state index in [1.54, 1.807) is 18.2 Å². The molecular formula is C12H10Cl2N2O3. The summed E-state index contributed by atoms with van der Waals surface area (Å²) < 4.78 is 4.55. The highest BCUT2D eigenvalue weighted by molar-refractivity contribution is 6.34. The van der Waals surface area contributed by atoms with Gasteiger partial charge >= 0.3 is 0 Å². The molecule has 7 heteroatoms. The summed E-state index contributed by atoms with van der Waals surface area (Å²) in [5.74, 6) is -0.430. The largest absolute Gasteiger partial charge is 0.387 e. The zero-order valence-electron chi connectivity index (χ0n) is 9.64. The predicted octanol–water partition coefficient (Wildman–Crippen LogP) is 2.44. The van der Waals surface area contributed by atoms with Gasteiger partial charge in [-0.1, -0.05) is 28.4 Å². The lowest BCUT2D eigenvalue weighted by Gasteiger charge is -2.12. The number of aliphatic hydroxyl groups is 1. The Kier molecular flexibility index (Phi) is 4.42. The number of aromatic nitrogens is 1. The minimum Gasteiger partial charge on any atom is -0.387 e. The standard InChI is InChI=1S/C12H10Cl2N2O3/c13-8-3-7(4-9(14)5-8)11(17)6-15-12(18)10-1-2-19-16-10/h1-5,11,17H,6H2,(H,15,18). The molecule has 0 bridgehead atoms. The fraction of sp³-hybridized carbons (Fsp3) is 0.167. The highest BCUT2D eigenvalue weighted by Gasteiger charge is 2.13. The fourth-order valence-corrected chi connectivity index (χ4v) is 2.04. The zero-order chi connectivity index (χ0) is 13.8. The molecule has 1 unspecified atom stereocenters. The third-order valence-electron chi connectivity index (χ3n) is 2.40. The first kappa shape index (κ1) is 13.9. The van der Waals surface area contributed by atoms with Crippen molar-refractivity contribution >= 4 is 29.1 Å². The summed E-state index contributed by atoms with van der Waals surface area (Å²) in [5.41, 5.74) is 0.675. The molecule has 0 saturated carbocycles. The lowest BCUT2D eigenvalue weighted by atomic mass is 10.1. The number of aliphatic hydroxyl groups excluding tert-OH is 1. The van der Waals surface area contributed by atoms with Gasteiger partial charge in [0.1, 0.15) is 6.26 Å². The van der Waals surface area contributed by atoms with Gasteiger partial charge in [0.2, 0.25) is 0 Å². The molecule has 100 valence electrons. The first-order valence-electron chi connectivity index (χ1n) is 5.39. The Morgan fingerprint density at radius 2 is 2.05 bits per heavy atom. The van der Waals surface area contributed by atoms with Crippen molar-refractivity contribution in [1.29, 1.82) is 0 Å². The Hall–Kier alpha value is -1.56. The van der Waals surface area contributed by atoms with Crippen molar-refractivity contribution in [1.82, 2.24) is 10.5 Å². The number of hydrogen-bond donors (Lipinski definition) is 2. The first-order valence-corrected chi connectivity index (χ1v) is 6.14. The molecule has 2 rings (SSSR count). The Labute approximate surface area is 119 Å². The van der Waals surface area contributed by atoms with E-state index in [4.69, 9.17) is 23.2 Å². The maximum Gasteiger partial charge on any atom is 0.273 e. The van der Waals surface area contributed by atoms with Crippen LogP contribution >= 0.6 is 23.2 Å². The van der Waals surface area contributed by atoms with Crippen molar-refractivity contribution in [2.75, 3.05) is 6.54 Å². The van der Waals surface area contributed by atoms with Crippen LogP contribution in [0.5, 0.6) is 0 Å². The third-order valence-corrected chi connectivity index (χ3v) is 2.83. The molecule has 0 fully saturated rings. The SMILES string of the molecule is O=C(NCC(O)c1cc(Cl)cc(Cl)c1)c1ccon1. The van der Waals surface area contributed by atoms with E-state index in [0.29, 0.717) is 15.6 Å². The average molecular weight is 301 g/mol. The summed E-state index contributed by atoms with van der Waals surface area (Å²) in [6, 6.07) is 6.16. The van der Waals surface area contributed by atoms with E-state index in [-0.39, 0.29) is 12.2 Å². The second kappa shape index (κ2) is 6.06. The maximum absolute atomic E-state index is 11.6. The van der Waals surface area contributed by atoms with E-state index in [1.807, 2.05) is 0 Å². The first-order chi connectivity index (χ1) is 9.06. The number of halogens is 2. The molecule has 1 aromatic heterocycles. The summed E-state index contributed by atoms with van der Waals surface area (Å²) in [7, 11) is 0. The second-order valence-electron chi connectivity index (χ2n) is 3.81. The van der Waals surface area contributed by atoms with Crippen molar-refractivity contribution in [2.24, 2.45) is 0 Å². The summed E-state index contributed by atoms with van der Waals surface area (Å²) in [5, 5.41) is 16.8. The summed E-state index contributed by atoms with van der Waals surface area (Å²) in [6.07, 6.45) is 0.384. The van der Waals surface area contributed by atoms with Crippen LogP contribution in [0.4, 0.5) is 0 Å². The van der Waals surface area contributed by atoms with Gasteiger partial charge in [-0.3, -0.25) is 4.79 Å². The minimum absolute atomic E-state index is 0.0162. The molecule has 0 aliphatic carbocycles. The van der Waals surface area contributed by atoms with Crippen molar-refractivity contribution in [3.8, 4) is 0 Å². The van der Waals surface area contributed by atoms with E-state index in [0.717, 1.165) is 0 Å². The number of nitrogens with zero attached hydrogens (tertiary/aromatic N) is 1. The number of nitrogens with one attached hydrogen (secondary N) is 1. The van der Waals surface area contributed by atoms with E-state index in [2.05, 4.69) is 15.0 Å². The molecule has 19 heavy (non-hydrogen) atoms. The van der Waals surface area contributed by atoms with E-state index >= 15 is 0 Å². The summed E-state index contributed by atoms with van der Waals surface area (Å²) in [4.78, 5) is 11.6. The highest BCUT2D eigenvalue weighted by Crippen LogP contribution is 2.23. The second-order valence-corrected chi connectivity index (χ2v) is 4.69. The Morgan fingerprint density at radius 3 is 2.63 bits per heavy atom. The molecule has 0 aliphatic rings. The van der Waals surface area contributed by atoms with Crippen LogP contribution in [0, 0.1) is 0 Å². The monoisotopic (exact) mass is 300 g/mol. The van der Waals surface area contributed by atoms with Crippen LogP contribution in [0.25, 0.3) is 0 Å². The highest BCUT2D eigenvalue weighted by atomic mass is 35.5. The fourth-order valence-electron chi connectivity index (χ4n) is 1.49. The van der Waals surface area contributed by atoms with Gasteiger partial charge in [-0.15, -0.1) is 0 Å². The molecule has 0 aliphatic heterocycles. The normalized spacial score (nSPS) is 12.2. The van der Waals surface area contributed by atoms with Crippen LogP contribution in [0.1, 0.15) is 22.2 Å². The number of hydrogen-bond acceptors (Lipinski definition) is 4. The Morgan fingerprint density at radius 1 is 1.37 bits per heavy atom. The van der Waals surface area contributed by atoms with Crippen molar-refractivity contribution < 1.29 is 14.4 Å². The van der Waals surface area contributed by atoms with Crippen LogP contribution in [-0.2, 0) is 0 Å². The quantitative estimate of drug-likeness (QED) is 0.909. The van der Waals surface area contributed by atoms with Gasteiger partial charge in [0.05, 0.1) is 6.10 Å². The van der Waals surface area contributed by atoms with Gasteiger partial charge in [0.15, 0.2) is 5.69 Å². The average Bonchev–Trinajstić information content (AvgIpc) is 2.88. The molecular weight excluding hydrogens is 291 g/mol. The molecule has 1 aromatic carbocycles. The van der Waals surface area contributed by atoms with Gasteiger partial charge in [-0.05, 0) is 23.8 Å². The van der Waals surface area contributed by atoms with Gasteiger partial charge in [0.25, 0.3) is 5.91 Å². The molecule has 0 radical (unpaired) electrons. The molecule has 0 spiro atoms. The molecule has 0 saturated heterocycles. The van der Waals surface area contributed by atoms with Crippen molar-refractivity contribution in [3.05, 3.63) is 51.8 Å². The van der Waals surface area contributed by atoms with Gasteiger partial charge in [-0.2, -0.15) is 0 Å². The van der Waals surface area contributed by atoms with E-state index in [1.165, 1.54) is 12.3 Å². The number of carbonyl (C=O) groups is 1. The third kappa shape index (κ3) is 3.70.